The van der Waals surface area contributed by atoms with Crippen LogP contribution in [0.3, 0.4) is 0 Å². The van der Waals surface area contributed by atoms with E-state index in [1.54, 1.807) is 12.3 Å². The molecular formula is C9H12N2O2. The fourth-order valence-electron chi connectivity index (χ4n) is 0.955. The van der Waals surface area contributed by atoms with Gasteiger partial charge in [-0.2, -0.15) is 0 Å². The van der Waals surface area contributed by atoms with Gasteiger partial charge in [0, 0.05) is 12.2 Å². The van der Waals surface area contributed by atoms with E-state index in [0.29, 0.717) is 0 Å². The molecule has 0 radical (unpaired) electrons. The number of carboxylic acids is 1. The summed E-state index contributed by atoms with van der Waals surface area (Å²) >= 11 is 0. The van der Waals surface area contributed by atoms with E-state index in [1.165, 1.54) is 6.07 Å². The van der Waals surface area contributed by atoms with Crippen molar-refractivity contribution < 1.29 is 9.90 Å². The van der Waals surface area contributed by atoms with Gasteiger partial charge in [0.25, 0.3) is 0 Å². The highest BCUT2D eigenvalue weighted by Crippen LogP contribution is 2.10. The minimum atomic E-state index is -0.997. The van der Waals surface area contributed by atoms with E-state index < -0.39 is 5.97 Å². The van der Waals surface area contributed by atoms with Crippen LogP contribution in [-0.2, 0) is 0 Å². The van der Waals surface area contributed by atoms with Gasteiger partial charge in [-0.05, 0) is 25.6 Å². The predicted octanol–water partition coefficient (Wildman–Crippen LogP) is 1.06. The summed E-state index contributed by atoms with van der Waals surface area (Å²) in [4.78, 5) is 14.3. The Morgan fingerprint density at radius 2 is 2.31 bits per heavy atom. The minimum Gasteiger partial charge on any atom is -0.477 e. The standard InChI is InChI=1S/C9H12N2O2/c1-6(10-2)7-3-4-8(9(12)13)11-5-7/h3-6,10H,1-2H3,(H,12,13). The first-order chi connectivity index (χ1) is 6.15. The van der Waals surface area contributed by atoms with Crippen LogP contribution in [0.25, 0.3) is 0 Å². The van der Waals surface area contributed by atoms with E-state index >= 15 is 0 Å². The van der Waals surface area contributed by atoms with Crippen LogP contribution in [-0.4, -0.2) is 23.1 Å². The lowest BCUT2D eigenvalue weighted by atomic mass is 10.1. The molecule has 0 bridgehead atoms. The Morgan fingerprint density at radius 3 is 2.69 bits per heavy atom. The lowest BCUT2D eigenvalue weighted by molar-refractivity contribution is 0.0690. The van der Waals surface area contributed by atoms with E-state index in [2.05, 4.69) is 10.3 Å². The Bertz CT molecular complexity index is 295. The molecule has 4 nitrogen and oxygen atoms in total. The minimum absolute atomic E-state index is 0.0760. The lowest BCUT2D eigenvalue weighted by Gasteiger charge is -2.09. The largest absolute Gasteiger partial charge is 0.477 e. The summed E-state index contributed by atoms with van der Waals surface area (Å²) in [7, 11) is 1.84. The summed E-state index contributed by atoms with van der Waals surface area (Å²) in [6.45, 7) is 1.98. The van der Waals surface area contributed by atoms with E-state index in [0.717, 1.165) is 5.56 Å². The highest BCUT2D eigenvalue weighted by Gasteiger charge is 2.06. The van der Waals surface area contributed by atoms with Gasteiger partial charge in [0.1, 0.15) is 5.69 Å². The predicted molar refractivity (Wildman–Crippen MR) is 48.7 cm³/mol. The second-order valence-electron chi connectivity index (χ2n) is 2.79. The van der Waals surface area contributed by atoms with E-state index in [9.17, 15) is 4.79 Å². The van der Waals surface area contributed by atoms with Crippen molar-refractivity contribution in [1.82, 2.24) is 10.3 Å². The molecule has 0 spiro atoms. The van der Waals surface area contributed by atoms with Crippen molar-refractivity contribution in [3.63, 3.8) is 0 Å². The molecule has 4 heteroatoms. The molecule has 0 fully saturated rings. The third kappa shape index (κ3) is 2.26. The Labute approximate surface area is 76.6 Å². The molecule has 0 saturated carbocycles. The van der Waals surface area contributed by atoms with Crippen molar-refractivity contribution in [1.29, 1.82) is 0 Å². The normalized spacial score (nSPS) is 12.5. The van der Waals surface area contributed by atoms with Crippen molar-refractivity contribution in [3.05, 3.63) is 29.6 Å². The van der Waals surface area contributed by atoms with Gasteiger partial charge in [0.2, 0.25) is 0 Å². The maximum atomic E-state index is 10.5. The molecule has 0 aromatic carbocycles. The van der Waals surface area contributed by atoms with Gasteiger partial charge < -0.3 is 10.4 Å². The maximum Gasteiger partial charge on any atom is 0.354 e. The van der Waals surface area contributed by atoms with Gasteiger partial charge in [-0.1, -0.05) is 6.07 Å². The molecule has 1 unspecified atom stereocenters. The molecule has 1 atom stereocenters. The van der Waals surface area contributed by atoms with Gasteiger partial charge in [0.15, 0.2) is 0 Å². The zero-order valence-electron chi connectivity index (χ0n) is 7.61. The fraction of sp³-hybridized carbons (Fsp3) is 0.333. The zero-order valence-corrected chi connectivity index (χ0v) is 7.61. The highest BCUT2D eigenvalue weighted by atomic mass is 16.4. The summed E-state index contributed by atoms with van der Waals surface area (Å²) in [6.07, 6.45) is 1.57. The summed E-state index contributed by atoms with van der Waals surface area (Å²) in [5.41, 5.74) is 1.06. The number of carbonyl (C=O) groups is 1. The second-order valence-corrected chi connectivity index (χ2v) is 2.79. The lowest BCUT2D eigenvalue weighted by Crippen LogP contribution is -2.13. The highest BCUT2D eigenvalue weighted by molar-refractivity contribution is 5.85. The first-order valence-electron chi connectivity index (χ1n) is 4.01. The smallest absolute Gasteiger partial charge is 0.354 e. The molecule has 1 aromatic rings. The molecule has 0 aliphatic rings. The number of hydrogen-bond acceptors (Lipinski definition) is 3. The Balaban J connectivity index is 2.87. The van der Waals surface area contributed by atoms with Crippen molar-refractivity contribution in [2.75, 3.05) is 7.05 Å². The number of nitrogens with one attached hydrogen (secondary N) is 1. The first-order valence-corrected chi connectivity index (χ1v) is 4.01. The molecule has 0 aliphatic carbocycles. The molecule has 2 N–H and O–H groups in total. The van der Waals surface area contributed by atoms with Crippen LogP contribution in [0.2, 0.25) is 0 Å². The summed E-state index contributed by atoms with van der Waals surface area (Å²) in [5.74, 6) is -0.997. The van der Waals surface area contributed by atoms with Crippen molar-refractivity contribution in [3.8, 4) is 0 Å². The van der Waals surface area contributed by atoms with Gasteiger partial charge >= 0.3 is 5.97 Å². The summed E-state index contributed by atoms with van der Waals surface area (Å²) in [6, 6.07) is 3.46. The molecule has 70 valence electrons. The van der Waals surface area contributed by atoms with Gasteiger partial charge in [-0.25, -0.2) is 9.78 Å². The number of aromatic nitrogens is 1. The SMILES string of the molecule is CNC(C)c1ccc(C(=O)O)nc1. The van der Waals surface area contributed by atoms with Crippen molar-refractivity contribution in [2.24, 2.45) is 0 Å². The Hall–Kier alpha value is -1.42. The number of carboxylic acid groups (broad SMARTS) is 1. The van der Waals surface area contributed by atoms with Crippen LogP contribution in [0, 0.1) is 0 Å². The molecule has 13 heavy (non-hydrogen) atoms. The fourth-order valence-corrected chi connectivity index (χ4v) is 0.955. The molecule has 1 aromatic heterocycles. The average molecular weight is 180 g/mol. The zero-order chi connectivity index (χ0) is 9.84. The monoisotopic (exact) mass is 180 g/mol. The number of pyridine rings is 1. The Kier molecular flexibility index (Phi) is 2.97. The first kappa shape index (κ1) is 9.67. The van der Waals surface area contributed by atoms with Crippen molar-refractivity contribution >= 4 is 5.97 Å². The average Bonchev–Trinajstić information content (AvgIpc) is 2.17. The van der Waals surface area contributed by atoms with Crippen LogP contribution in [0.4, 0.5) is 0 Å². The maximum absolute atomic E-state index is 10.5. The quantitative estimate of drug-likeness (QED) is 0.730. The van der Waals surface area contributed by atoms with Crippen LogP contribution >= 0.6 is 0 Å². The third-order valence-electron chi connectivity index (χ3n) is 1.94. The van der Waals surface area contributed by atoms with E-state index in [1.807, 2.05) is 14.0 Å². The second kappa shape index (κ2) is 4.00. The molecule has 0 amide bonds. The Morgan fingerprint density at radius 1 is 1.62 bits per heavy atom. The third-order valence-corrected chi connectivity index (χ3v) is 1.94. The summed E-state index contributed by atoms with van der Waals surface area (Å²) in [5, 5.41) is 11.6. The van der Waals surface area contributed by atoms with Crippen LogP contribution < -0.4 is 5.32 Å². The topological polar surface area (TPSA) is 62.2 Å². The summed E-state index contributed by atoms with van der Waals surface area (Å²) < 4.78 is 0. The van der Waals surface area contributed by atoms with E-state index in [4.69, 9.17) is 5.11 Å². The molecule has 1 rings (SSSR count). The van der Waals surface area contributed by atoms with Gasteiger partial charge in [0.05, 0.1) is 0 Å². The molecule has 0 aliphatic heterocycles. The van der Waals surface area contributed by atoms with Gasteiger partial charge in [-0.15, -0.1) is 0 Å². The van der Waals surface area contributed by atoms with Crippen LogP contribution in [0.15, 0.2) is 18.3 Å². The van der Waals surface area contributed by atoms with Crippen LogP contribution in [0.1, 0.15) is 29.0 Å². The number of hydrogen-bond donors (Lipinski definition) is 2. The number of rotatable bonds is 3. The molecule has 1 heterocycles. The number of aromatic carboxylic acids is 1. The van der Waals surface area contributed by atoms with E-state index in [-0.39, 0.29) is 11.7 Å². The number of nitrogens with zero attached hydrogens (tertiary/aromatic N) is 1. The molecular weight excluding hydrogens is 168 g/mol. The molecule has 0 saturated heterocycles. The van der Waals surface area contributed by atoms with Crippen LogP contribution in [0.5, 0.6) is 0 Å². The van der Waals surface area contributed by atoms with Gasteiger partial charge in [-0.3, -0.25) is 0 Å². The van der Waals surface area contributed by atoms with Crippen molar-refractivity contribution in [2.45, 2.75) is 13.0 Å².